The number of hydrogen-bond donors (Lipinski definition) is 0. The van der Waals surface area contributed by atoms with E-state index in [-0.39, 0.29) is 5.79 Å². The third kappa shape index (κ3) is 2.67. The van der Waals surface area contributed by atoms with E-state index in [1.807, 2.05) is 18.2 Å². The minimum absolute atomic E-state index is 0.280. The van der Waals surface area contributed by atoms with Crippen molar-refractivity contribution in [2.45, 2.75) is 31.5 Å². The maximum atomic E-state index is 5.75. The molecule has 1 saturated carbocycles. The first-order valence-corrected chi connectivity index (χ1v) is 6.92. The zero-order chi connectivity index (χ0) is 13.1. The van der Waals surface area contributed by atoms with E-state index in [2.05, 4.69) is 12.1 Å². The maximum Gasteiger partial charge on any atom is 0.169 e. The van der Waals surface area contributed by atoms with E-state index < -0.39 is 0 Å². The van der Waals surface area contributed by atoms with Crippen molar-refractivity contribution < 1.29 is 14.2 Å². The molecule has 0 aromatic heterocycles. The molecule has 1 saturated heterocycles. The minimum atomic E-state index is -0.280. The van der Waals surface area contributed by atoms with Crippen LogP contribution in [0.2, 0.25) is 0 Å². The molecule has 19 heavy (non-hydrogen) atoms. The van der Waals surface area contributed by atoms with Crippen LogP contribution in [-0.2, 0) is 9.47 Å². The second-order valence-electron chi connectivity index (χ2n) is 5.15. The smallest absolute Gasteiger partial charge is 0.169 e. The molecule has 1 aromatic rings. The van der Waals surface area contributed by atoms with Crippen molar-refractivity contribution in [2.75, 3.05) is 20.3 Å². The van der Waals surface area contributed by atoms with Gasteiger partial charge in [-0.15, -0.1) is 0 Å². The Hall–Kier alpha value is -1.32. The highest BCUT2D eigenvalue weighted by Crippen LogP contribution is 2.39. The summed E-state index contributed by atoms with van der Waals surface area (Å²) >= 11 is 0. The van der Waals surface area contributed by atoms with Gasteiger partial charge >= 0.3 is 0 Å². The topological polar surface area (TPSA) is 27.7 Å². The summed E-state index contributed by atoms with van der Waals surface area (Å²) in [6.45, 7) is 1.48. The van der Waals surface area contributed by atoms with E-state index >= 15 is 0 Å². The Morgan fingerprint density at radius 1 is 1.11 bits per heavy atom. The Morgan fingerprint density at radius 3 is 2.47 bits per heavy atom. The first-order chi connectivity index (χ1) is 9.31. The Morgan fingerprint density at radius 2 is 1.79 bits per heavy atom. The maximum absolute atomic E-state index is 5.75. The van der Waals surface area contributed by atoms with E-state index in [1.54, 1.807) is 7.11 Å². The highest BCUT2D eigenvalue weighted by Gasteiger charge is 2.38. The predicted molar refractivity (Wildman–Crippen MR) is 74.1 cm³/mol. The van der Waals surface area contributed by atoms with Crippen LogP contribution in [0.25, 0.3) is 6.08 Å². The third-order valence-corrected chi connectivity index (χ3v) is 3.97. The molecule has 1 spiro atoms. The summed E-state index contributed by atoms with van der Waals surface area (Å²) in [4.78, 5) is 0. The van der Waals surface area contributed by atoms with Gasteiger partial charge in [-0.25, -0.2) is 0 Å². The monoisotopic (exact) mass is 260 g/mol. The third-order valence-electron chi connectivity index (χ3n) is 3.97. The summed E-state index contributed by atoms with van der Waals surface area (Å²) in [7, 11) is 1.72. The van der Waals surface area contributed by atoms with Gasteiger partial charge in [0.05, 0.1) is 20.3 Å². The van der Waals surface area contributed by atoms with Gasteiger partial charge in [0, 0.05) is 18.4 Å². The van der Waals surface area contributed by atoms with E-state index in [0.717, 1.165) is 50.2 Å². The standard InChI is InChI=1S/C16H20O3/c1-17-15-5-3-2-4-14(15)12-13-6-8-16(9-7-13)18-10-11-19-16/h2-5,12H,6-11H2,1H3. The lowest BCUT2D eigenvalue weighted by Gasteiger charge is -2.32. The van der Waals surface area contributed by atoms with Gasteiger partial charge in [-0.05, 0) is 18.9 Å². The number of allylic oxidation sites excluding steroid dienone is 1. The summed E-state index contributed by atoms with van der Waals surface area (Å²) in [6, 6.07) is 8.14. The van der Waals surface area contributed by atoms with E-state index in [1.165, 1.54) is 5.57 Å². The Bertz CT molecular complexity index is 461. The molecule has 2 aliphatic rings. The summed E-state index contributed by atoms with van der Waals surface area (Å²) < 4.78 is 16.9. The van der Waals surface area contributed by atoms with E-state index in [4.69, 9.17) is 14.2 Å². The molecule has 102 valence electrons. The summed E-state index contributed by atoms with van der Waals surface area (Å²) in [5.74, 6) is 0.654. The highest BCUT2D eigenvalue weighted by molar-refractivity contribution is 5.59. The van der Waals surface area contributed by atoms with Crippen LogP contribution in [0, 0.1) is 0 Å². The van der Waals surface area contributed by atoms with Crippen molar-refractivity contribution in [1.82, 2.24) is 0 Å². The lowest BCUT2D eigenvalue weighted by molar-refractivity contribution is -0.171. The van der Waals surface area contributed by atoms with Crippen LogP contribution < -0.4 is 4.74 Å². The average Bonchev–Trinajstić information content (AvgIpc) is 2.91. The average molecular weight is 260 g/mol. The largest absolute Gasteiger partial charge is 0.496 e. The van der Waals surface area contributed by atoms with Crippen LogP contribution in [-0.4, -0.2) is 26.1 Å². The Kier molecular flexibility index (Phi) is 3.58. The molecule has 0 atom stereocenters. The lowest BCUT2D eigenvalue weighted by atomic mass is 9.88. The molecular formula is C16H20O3. The zero-order valence-corrected chi connectivity index (χ0v) is 11.4. The fourth-order valence-electron chi connectivity index (χ4n) is 2.89. The van der Waals surface area contributed by atoms with Crippen LogP contribution in [0.3, 0.4) is 0 Å². The van der Waals surface area contributed by atoms with Crippen LogP contribution in [0.15, 0.2) is 29.8 Å². The van der Waals surface area contributed by atoms with Crippen molar-refractivity contribution >= 4 is 6.08 Å². The first-order valence-electron chi connectivity index (χ1n) is 6.92. The fraction of sp³-hybridized carbons (Fsp3) is 0.500. The second-order valence-corrected chi connectivity index (χ2v) is 5.15. The minimum Gasteiger partial charge on any atom is -0.496 e. The van der Waals surface area contributed by atoms with Crippen LogP contribution >= 0.6 is 0 Å². The predicted octanol–water partition coefficient (Wildman–Crippen LogP) is 3.40. The molecule has 0 bridgehead atoms. The van der Waals surface area contributed by atoms with E-state index in [0.29, 0.717) is 0 Å². The first kappa shape index (κ1) is 12.7. The summed E-state index contributed by atoms with van der Waals surface area (Å²) in [6.07, 6.45) is 6.26. The number of methoxy groups -OCH3 is 1. The molecule has 0 radical (unpaired) electrons. The van der Waals surface area contributed by atoms with Gasteiger partial charge in [0.15, 0.2) is 5.79 Å². The molecule has 0 N–H and O–H groups in total. The van der Waals surface area contributed by atoms with Crippen LogP contribution in [0.5, 0.6) is 5.75 Å². The summed E-state index contributed by atoms with van der Waals surface area (Å²) in [5, 5.41) is 0. The Labute approximate surface area is 114 Å². The van der Waals surface area contributed by atoms with Crippen LogP contribution in [0.1, 0.15) is 31.2 Å². The molecular weight excluding hydrogens is 240 g/mol. The lowest BCUT2D eigenvalue weighted by Crippen LogP contribution is -2.33. The Balaban J connectivity index is 1.72. The molecule has 1 aromatic carbocycles. The normalized spacial score (nSPS) is 21.6. The molecule has 1 aliphatic carbocycles. The van der Waals surface area contributed by atoms with Gasteiger partial charge in [-0.2, -0.15) is 0 Å². The van der Waals surface area contributed by atoms with Gasteiger partial charge in [0.1, 0.15) is 5.75 Å². The number of para-hydroxylation sites is 1. The van der Waals surface area contributed by atoms with Crippen molar-refractivity contribution in [3.8, 4) is 5.75 Å². The van der Waals surface area contributed by atoms with Gasteiger partial charge < -0.3 is 14.2 Å². The molecule has 1 heterocycles. The molecule has 3 heteroatoms. The SMILES string of the molecule is COc1ccccc1C=C1CCC2(CC1)OCCO2. The van der Waals surface area contributed by atoms with E-state index in [9.17, 15) is 0 Å². The van der Waals surface area contributed by atoms with Gasteiger partial charge in [0.2, 0.25) is 0 Å². The molecule has 3 nitrogen and oxygen atoms in total. The van der Waals surface area contributed by atoms with Crippen molar-refractivity contribution in [3.05, 3.63) is 35.4 Å². The molecule has 2 fully saturated rings. The molecule has 0 unspecified atom stereocenters. The van der Waals surface area contributed by atoms with Gasteiger partial charge in [-0.3, -0.25) is 0 Å². The molecule has 0 amide bonds. The molecule has 1 aliphatic heterocycles. The van der Waals surface area contributed by atoms with Crippen molar-refractivity contribution in [1.29, 1.82) is 0 Å². The number of ether oxygens (including phenoxy) is 3. The fourth-order valence-corrected chi connectivity index (χ4v) is 2.89. The number of hydrogen-bond acceptors (Lipinski definition) is 3. The number of benzene rings is 1. The van der Waals surface area contributed by atoms with Crippen molar-refractivity contribution in [2.24, 2.45) is 0 Å². The molecule has 3 rings (SSSR count). The van der Waals surface area contributed by atoms with Crippen molar-refractivity contribution in [3.63, 3.8) is 0 Å². The highest BCUT2D eigenvalue weighted by atomic mass is 16.7. The quantitative estimate of drug-likeness (QED) is 0.815. The second kappa shape index (κ2) is 5.35. The van der Waals surface area contributed by atoms with Crippen LogP contribution in [0.4, 0.5) is 0 Å². The summed E-state index contributed by atoms with van der Waals surface area (Å²) in [5.41, 5.74) is 2.61. The zero-order valence-electron chi connectivity index (χ0n) is 11.4. The number of rotatable bonds is 2. The van der Waals surface area contributed by atoms with Gasteiger partial charge in [-0.1, -0.05) is 29.8 Å². The van der Waals surface area contributed by atoms with Gasteiger partial charge in [0.25, 0.3) is 0 Å².